The molecule has 1 heterocycles. The lowest BCUT2D eigenvalue weighted by atomic mass is 9.99. The van der Waals surface area contributed by atoms with Gasteiger partial charge in [-0.1, -0.05) is 18.5 Å². The van der Waals surface area contributed by atoms with Gasteiger partial charge in [0.15, 0.2) is 0 Å². The number of hydrogen-bond acceptors (Lipinski definition) is 5. The summed E-state index contributed by atoms with van der Waals surface area (Å²) < 4.78 is 5.72. The number of halogens is 1. The van der Waals surface area contributed by atoms with E-state index in [0.717, 1.165) is 36.5 Å². The Bertz CT molecular complexity index is 535. The Kier molecular flexibility index (Phi) is 11.4. The second kappa shape index (κ2) is 13.0. The summed E-state index contributed by atoms with van der Waals surface area (Å²) in [6.07, 6.45) is 2.68. The van der Waals surface area contributed by atoms with Crippen LogP contribution in [0.15, 0.2) is 29.2 Å². The highest BCUT2D eigenvalue weighted by Crippen LogP contribution is 2.20. The summed E-state index contributed by atoms with van der Waals surface area (Å²) >= 11 is 7.68. The average Bonchev–Trinajstić information content (AvgIpc) is 2.61. The van der Waals surface area contributed by atoms with E-state index in [0.29, 0.717) is 0 Å². The maximum absolute atomic E-state index is 9.10. The minimum absolute atomic E-state index is 0.793. The predicted molar refractivity (Wildman–Crippen MR) is 103 cm³/mol. The monoisotopic (exact) mass is 403 g/mol. The average molecular weight is 404 g/mol. The lowest BCUT2D eigenvalue weighted by Gasteiger charge is -2.29. The quantitative estimate of drug-likeness (QED) is 0.410. The summed E-state index contributed by atoms with van der Waals surface area (Å²) in [5.41, 5.74) is 0. The van der Waals surface area contributed by atoms with E-state index in [4.69, 9.17) is 36.1 Å². The second-order valence-corrected chi connectivity index (χ2v) is 7.65. The molecule has 8 heteroatoms. The number of likely N-dealkylation sites (tertiary alicyclic amines) is 1. The van der Waals surface area contributed by atoms with Crippen molar-refractivity contribution in [1.82, 2.24) is 4.90 Å². The van der Waals surface area contributed by atoms with Crippen LogP contribution in [0.1, 0.15) is 19.8 Å². The van der Waals surface area contributed by atoms with Gasteiger partial charge in [-0.2, -0.15) is 0 Å². The van der Waals surface area contributed by atoms with Crippen LogP contribution in [0.25, 0.3) is 0 Å². The van der Waals surface area contributed by atoms with Crippen molar-refractivity contribution in [3.63, 3.8) is 0 Å². The molecule has 0 atom stereocenters. The first-order valence-electron chi connectivity index (χ1n) is 8.53. The van der Waals surface area contributed by atoms with Gasteiger partial charge in [-0.15, -0.1) is 11.8 Å². The van der Waals surface area contributed by atoms with E-state index in [1.807, 2.05) is 23.9 Å². The zero-order valence-electron chi connectivity index (χ0n) is 14.9. The Balaban J connectivity index is 0.000000487. The molecule has 1 aliphatic heterocycles. The van der Waals surface area contributed by atoms with E-state index < -0.39 is 11.9 Å². The van der Waals surface area contributed by atoms with E-state index >= 15 is 0 Å². The van der Waals surface area contributed by atoms with Crippen LogP contribution >= 0.6 is 23.4 Å². The Morgan fingerprint density at radius 2 is 1.73 bits per heavy atom. The van der Waals surface area contributed by atoms with Gasteiger partial charge in [0.25, 0.3) is 0 Å². The Morgan fingerprint density at radius 3 is 2.27 bits per heavy atom. The van der Waals surface area contributed by atoms with Crippen molar-refractivity contribution >= 4 is 35.3 Å². The van der Waals surface area contributed by atoms with Crippen LogP contribution in [0.3, 0.4) is 0 Å². The molecule has 0 radical (unpaired) electrons. The van der Waals surface area contributed by atoms with Gasteiger partial charge in [0.1, 0.15) is 0 Å². The molecule has 0 saturated carbocycles. The van der Waals surface area contributed by atoms with Crippen LogP contribution in [0, 0.1) is 5.92 Å². The van der Waals surface area contributed by atoms with E-state index in [1.165, 1.54) is 30.8 Å². The molecule has 0 bridgehead atoms. The molecular weight excluding hydrogens is 378 g/mol. The highest BCUT2D eigenvalue weighted by Gasteiger charge is 2.14. The van der Waals surface area contributed by atoms with Crippen LogP contribution in [0.2, 0.25) is 5.02 Å². The zero-order valence-corrected chi connectivity index (χ0v) is 16.5. The second-order valence-electron chi connectivity index (χ2n) is 6.05. The van der Waals surface area contributed by atoms with Crippen molar-refractivity contribution in [2.24, 2.45) is 5.92 Å². The maximum Gasteiger partial charge on any atom is 0.414 e. The van der Waals surface area contributed by atoms with Crippen molar-refractivity contribution in [1.29, 1.82) is 0 Å². The minimum atomic E-state index is -1.82. The lowest BCUT2D eigenvalue weighted by molar-refractivity contribution is -0.159. The third-order valence-electron chi connectivity index (χ3n) is 3.92. The van der Waals surface area contributed by atoms with E-state index in [2.05, 4.69) is 24.0 Å². The first-order chi connectivity index (χ1) is 12.4. The van der Waals surface area contributed by atoms with Crippen molar-refractivity contribution in [3.05, 3.63) is 29.3 Å². The molecule has 0 unspecified atom stereocenters. The molecule has 2 rings (SSSR count). The first-order valence-corrected chi connectivity index (χ1v) is 9.89. The maximum atomic E-state index is 9.10. The number of thioether (sulfide) groups is 1. The van der Waals surface area contributed by atoms with Gasteiger partial charge >= 0.3 is 11.9 Å². The summed E-state index contributed by atoms with van der Waals surface area (Å²) in [7, 11) is 0. The molecule has 0 spiro atoms. The summed E-state index contributed by atoms with van der Waals surface area (Å²) in [4.78, 5) is 22.0. The largest absolute Gasteiger partial charge is 0.473 e. The molecule has 1 saturated heterocycles. The number of nitrogens with zero attached hydrogens (tertiary/aromatic N) is 1. The Labute approximate surface area is 163 Å². The molecule has 1 fully saturated rings. The van der Waals surface area contributed by atoms with E-state index in [1.54, 1.807) is 0 Å². The summed E-state index contributed by atoms with van der Waals surface area (Å²) in [5.74, 6) is -1.74. The number of aliphatic carboxylic acids is 2. The number of carboxylic acids is 2. The third kappa shape index (κ3) is 10.7. The molecule has 26 heavy (non-hydrogen) atoms. The van der Waals surface area contributed by atoms with Crippen LogP contribution in [-0.4, -0.2) is 65.7 Å². The van der Waals surface area contributed by atoms with Gasteiger partial charge in [-0.05, 0) is 56.1 Å². The van der Waals surface area contributed by atoms with Crippen LogP contribution in [0.5, 0.6) is 0 Å². The molecule has 1 aliphatic rings. The zero-order chi connectivity index (χ0) is 19.4. The van der Waals surface area contributed by atoms with Crippen molar-refractivity contribution in [2.75, 3.05) is 38.6 Å². The topological polar surface area (TPSA) is 87.1 Å². The smallest absolute Gasteiger partial charge is 0.414 e. The standard InChI is InChI=1S/C16H24ClNOS.C2H2O4/c1-14-6-8-18(9-7-14)10-11-19-12-13-20-16-4-2-15(17)3-5-16;3-1(4)2(5)6/h2-5,14H,6-13H2,1H3;(H,3,4)(H,5,6). The highest BCUT2D eigenvalue weighted by molar-refractivity contribution is 7.99. The summed E-state index contributed by atoms with van der Waals surface area (Å²) in [6, 6.07) is 7.98. The van der Waals surface area contributed by atoms with Crippen LogP contribution in [0.4, 0.5) is 0 Å². The van der Waals surface area contributed by atoms with Crippen molar-refractivity contribution < 1.29 is 24.5 Å². The molecule has 0 amide bonds. The molecular formula is C18H26ClNO5S. The number of ether oxygens (including phenoxy) is 1. The predicted octanol–water partition coefficient (Wildman–Crippen LogP) is 3.34. The van der Waals surface area contributed by atoms with Gasteiger partial charge in [0.2, 0.25) is 0 Å². The highest BCUT2D eigenvalue weighted by atomic mass is 35.5. The van der Waals surface area contributed by atoms with Crippen LogP contribution < -0.4 is 0 Å². The normalized spacial score (nSPS) is 15.2. The van der Waals surface area contributed by atoms with Crippen molar-refractivity contribution in [3.8, 4) is 0 Å². The fraction of sp³-hybridized carbons (Fsp3) is 0.556. The number of piperidine rings is 1. The van der Waals surface area contributed by atoms with Gasteiger partial charge < -0.3 is 19.8 Å². The van der Waals surface area contributed by atoms with Gasteiger partial charge in [0, 0.05) is 22.2 Å². The number of carbonyl (C=O) groups is 2. The molecule has 6 nitrogen and oxygen atoms in total. The van der Waals surface area contributed by atoms with E-state index in [9.17, 15) is 0 Å². The van der Waals surface area contributed by atoms with E-state index in [-0.39, 0.29) is 0 Å². The molecule has 0 aliphatic carbocycles. The summed E-state index contributed by atoms with van der Waals surface area (Å²) in [5, 5.41) is 15.6. The number of rotatable bonds is 7. The number of hydrogen-bond donors (Lipinski definition) is 2. The molecule has 2 N–H and O–H groups in total. The lowest BCUT2D eigenvalue weighted by Crippen LogP contribution is -2.35. The Hall–Kier alpha value is -1.28. The third-order valence-corrected chi connectivity index (χ3v) is 5.15. The fourth-order valence-electron chi connectivity index (χ4n) is 2.33. The van der Waals surface area contributed by atoms with Gasteiger partial charge in [-0.25, -0.2) is 9.59 Å². The molecule has 0 aromatic heterocycles. The molecule has 1 aromatic rings. The number of benzene rings is 1. The number of carboxylic acid groups (broad SMARTS) is 2. The van der Waals surface area contributed by atoms with Crippen LogP contribution in [-0.2, 0) is 14.3 Å². The molecule has 1 aromatic carbocycles. The first kappa shape index (κ1) is 22.8. The fourth-order valence-corrected chi connectivity index (χ4v) is 3.22. The molecule has 146 valence electrons. The summed E-state index contributed by atoms with van der Waals surface area (Å²) in [6.45, 7) is 7.58. The SMILES string of the molecule is CC1CCN(CCOCCSc2ccc(Cl)cc2)CC1.O=C(O)C(=O)O. The van der Waals surface area contributed by atoms with Gasteiger partial charge in [0.05, 0.1) is 13.2 Å². The minimum Gasteiger partial charge on any atom is -0.473 e. The van der Waals surface area contributed by atoms with Crippen molar-refractivity contribution in [2.45, 2.75) is 24.7 Å². The van der Waals surface area contributed by atoms with Gasteiger partial charge in [-0.3, -0.25) is 0 Å². The Morgan fingerprint density at radius 1 is 1.15 bits per heavy atom.